The fourth-order valence-corrected chi connectivity index (χ4v) is 2.41. The van der Waals surface area contributed by atoms with Gasteiger partial charge >= 0.3 is 0 Å². The minimum Gasteiger partial charge on any atom is -0.496 e. The standard InChI is InChI=1S/C17H25N3O3/c1-6-20(11-17(3,4)21)10-15-18-16(19-23-15)13-8-7-12(2)14(9-13)22-5/h7-9,21H,6,10-11H2,1-5H3. The first-order valence-corrected chi connectivity index (χ1v) is 7.74. The third-order valence-corrected chi connectivity index (χ3v) is 3.55. The van der Waals surface area contributed by atoms with Gasteiger partial charge in [0, 0.05) is 12.1 Å². The lowest BCUT2D eigenvalue weighted by atomic mass is 10.1. The van der Waals surface area contributed by atoms with Gasteiger partial charge in [-0.25, -0.2) is 0 Å². The molecule has 0 bridgehead atoms. The lowest BCUT2D eigenvalue weighted by Crippen LogP contribution is -2.38. The van der Waals surface area contributed by atoms with Crippen LogP contribution in [0, 0.1) is 6.92 Å². The van der Waals surface area contributed by atoms with Crippen molar-refractivity contribution in [3.05, 3.63) is 29.7 Å². The molecule has 0 atom stereocenters. The van der Waals surface area contributed by atoms with Crippen molar-refractivity contribution >= 4 is 0 Å². The average Bonchev–Trinajstić information content (AvgIpc) is 2.94. The third kappa shape index (κ3) is 4.77. The van der Waals surface area contributed by atoms with Gasteiger partial charge in [-0.05, 0) is 38.9 Å². The summed E-state index contributed by atoms with van der Waals surface area (Å²) < 4.78 is 10.7. The molecule has 6 heteroatoms. The fourth-order valence-electron chi connectivity index (χ4n) is 2.41. The van der Waals surface area contributed by atoms with Gasteiger partial charge < -0.3 is 14.4 Å². The van der Waals surface area contributed by atoms with Crippen LogP contribution >= 0.6 is 0 Å². The van der Waals surface area contributed by atoms with Gasteiger partial charge in [0.05, 0.1) is 19.3 Å². The number of rotatable bonds is 7. The van der Waals surface area contributed by atoms with Crippen LogP contribution in [-0.2, 0) is 6.54 Å². The smallest absolute Gasteiger partial charge is 0.241 e. The van der Waals surface area contributed by atoms with Gasteiger partial charge in [-0.15, -0.1) is 0 Å². The normalized spacial score (nSPS) is 12.0. The van der Waals surface area contributed by atoms with Crippen molar-refractivity contribution in [2.75, 3.05) is 20.2 Å². The molecule has 0 radical (unpaired) electrons. The number of likely N-dealkylation sites (N-methyl/N-ethyl adjacent to an activating group) is 1. The predicted octanol–water partition coefficient (Wildman–Crippen LogP) is 2.65. The number of aryl methyl sites for hydroxylation is 1. The third-order valence-electron chi connectivity index (χ3n) is 3.55. The molecule has 1 aromatic carbocycles. The summed E-state index contributed by atoms with van der Waals surface area (Å²) in [6, 6.07) is 5.82. The van der Waals surface area contributed by atoms with Crippen LogP contribution in [-0.4, -0.2) is 45.9 Å². The van der Waals surface area contributed by atoms with E-state index in [2.05, 4.69) is 15.0 Å². The van der Waals surface area contributed by atoms with Crippen molar-refractivity contribution in [3.63, 3.8) is 0 Å². The van der Waals surface area contributed by atoms with E-state index in [9.17, 15) is 5.11 Å². The number of hydrogen-bond donors (Lipinski definition) is 1. The van der Waals surface area contributed by atoms with Crippen LogP contribution in [0.25, 0.3) is 11.4 Å². The zero-order valence-electron chi connectivity index (χ0n) is 14.5. The highest BCUT2D eigenvalue weighted by Gasteiger charge is 2.19. The first-order valence-electron chi connectivity index (χ1n) is 7.74. The Morgan fingerprint density at radius 2 is 2.09 bits per heavy atom. The minimum atomic E-state index is -0.761. The van der Waals surface area contributed by atoms with Gasteiger partial charge in [-0.2, -0.15) is 4.98 Å². The van der Waals surface area contributed by atoms with Crippen molar-refractivity contribution < 1.29 is 14.4 Å². The number of benzene rings is 1. The highest BCUT2D eigenvalue weighted by molar-refractivity contribution is 5.58. The van der Waals surface area contributed by atoms with E-state index in [1.54, 1.807) is 21.0 Å². The Morgan fingerprint density at radius 3 is 2.70 bits per heavy atom. The molecular weight excluding hydrogens is 294 g/mol. The topological polar surface area (TPSA) is 71.6 Å². The van der Waals surface area contributed by atoms with E-state index < -0.39 is 5.60 Å². The predicted molar refractivity (Wildman–Crippen MR) is 88.3 cm³/mol. The lowest BCUT2D eigenvalue weighted by Gasteiger charge is -2.26. The van der Waals surface area contributed by atoms with Gasteiger partial charge in [0.15, 0.2) is 0 Å². The molecule has 0 spiro atoms. The lowest BCUT2D eigenvalue weighted by molar-refractivity contribution is 0.0322. The van der Waals surface area contributed by atoms with E-state index in [4.69, 9.17) is 9.26 Å². The van der Waals surface area contributed by atoms with Crippen LogP contribution in [0.2, 0.25) is 0 Å². The molecule has 0 aliphatic carbocycles. The largest absolute Gasteiger partial charge is 0.496 e. The number of nitrogens with zero attached hydrogens (tertiary/aromatic N) is 3. The fraction of sp³-hybridized carbons (Fsp3) is 0.529. The van der Waals surface area contributed by atoms with Crippen LogP contribution in [0.15, 0.2) is 22.7 Å². The average molecular weight is 319 g/mol. The second-order valence-corrected chi connectivity index (χ2v) is 6.31. The molecule has 0 unspecified atom stereocenters. The zero-order valence-corrected chi connectivity index (χ0v) is 14.5. The highest BCUT2D eigenvalue weighted by atomic mass is 16.5. The molecule has 0 aliphatic rings. The molecule has 1 N–H and O–H groups in total. The van der Waals surface area contributed by atoms with Crippen molar-refractivity contribution in [1.82, 2.24) is 15.0 Å². The second kappa shape index (κ2) is 7.10. The van der Waals surface area contributed by atoms with Crippen molar-refractivity contribution in [2.45, 2.75) is 39.8 Å². The molecule has 1 heterocycles. The van der Waals surface area contributed by atoms with Crippen LogP contribution in [0.5, 0.6) is 5.75 Å². The maximum Gasteiger partial charge on any atom is 0.241 e. The van der Waals surface area contributed by atoms with Crippen molar-refractivity contribution in [1.29, 1.82) is 0 Å². The molecule has 126 valence electrons. The Bertz CT molecular complexity index is 647. The Hall–Kier alpha value is -1.92. The monoisotopic (exact) mass is 319 g/mol. The molecule has 23 heavy (non-hydrogen) atoms. The van der Waals surface area contributed by atoms with E-state index in [1.165, 1.54) is 0 Å². The van der Waals surface area contributed by atoms with Gasteiger partial charge in [-0.1, -0.05) is 24.2 Å². The number of ether oxygens (including phenoxy) is 1. The molecule has 1 aromatic heterocycles. The summed E-state index contributed by atoms with van der Waals surface area (Å²) in [5.41, 5.74) is 1.15. The summed E-state index contributed by atoms with van der Waals surface area (Å²) in [7, 11) is 1.64. The quantitative estimate of drug-likeness (QED) is 0.846. The Kier molecular flexibility index (Phi) is 5.38. The highest BCUT2D eigenvalue weighted by Crippen LogP contribution is 2.25. The maximum absolute atomic E-state index is 9.94. The minimum absolute atomic E-state index is 0.510. The van der Waals surface area contributed by atoms with Crippen molar-refractivity contribution in [2.24, 2.45) is 0 Å². The zero-order chi connectivity index (χ0) is 17.0. The van der Waals surface area contributed by atoms with E-state index in [1.807, 2.05) is 32.0 Å². The second-order valence-electron chi connectivity index (χ2n) is 6.31. The maximum atomic E-state index is 9.94. The Labute approximate surface area is 137 Å². The Balaban J connectivity index is 2.14. The molecule has 2 aromatic rings. The van der Waals surface area contributed by atoms with Crippen LogP contribution in [0.4, 0.5) is 0 Å². The first-order chi connectivity index (χ1) is 10.8. The summed E-state index contributed by atoms with van der Waals surface area (Å²) in [5, 5.41) is 14.0. The molecule has 2 rings (SSSR count). The summed E-state index contributed by atoms with van der Waals surface area (Å²) >= 11 is 0. The van der Waals surface area contributed by atoms with Crippen LogP contribution < -0.4 is 4.74 Å². The van der Waals surface area contributed by atoms with Gasteiger partial charge in [0.2, 0.25) is 11.7 Å². The number of hydrogen-bond acceptors (Lipinski definition) is 6. The van der Waals surface area contributed by atoms with Gasteiger partial charge in [0.25, 0.3) is 0 Å². The summed E-state index contributed by atoms with van der Waals surface area (Å²) in [6.07, 6.45) is 0. The molecule has 0 saturated carbocycles. The summed E-state index contributed by atoms with van der Waals surface area (Å²) in [4.78, 5) is 6.51. The molecule has 0 aliphatic heterocycles. The van der Waals surface area contributed by atoms with Crippen LogP contribution in [0.1, 0.15) is 32.2 Å². The van der Waals surface area contributed by atoms with E-state index in [-0.39, 0.29) is 0 Å². The molecule has 0 fully saturated rings. The van der Waals surface area contributed by atoms with Crippen LogP contribution in [0.3, 0.4) is 0 Å². The van der Waals surface area contributed by atoms with E-state index >= 15 is 0 Å². The van der Waals surface area contributed by atoms with Gasteiger partial charge in [-0.3, -0.25) is 4.90 Å². The van der Waals surface area contributed by atoms with Gasteiger partial charge in [0.1, 0.15) is 5.75 Å². The Morgan fingerprint density at radius 1 is 1.35 bits per heavy atom. The van der Waals surface area contributed by atoms with E-state index in [0.717, 1.165) is 23.4 Å². The molecule has 0 amide bonds. The number of methoxy groups -OCH3 is 1. The SMILES string of the molecule is CCN(Cc1nc(-c2ccc(C)c(OC)c2)no1)CC(C)(C)O. The van der Waals surface area contributed by atoms with Crippen molar-refractivity contribution in [3.8, 4) is 17.1 Å². The summed E-state index contributed by atoms with van der Waals surface area (Å²) in [5.74, 6) is 1.87. The molecule has 6 nitrogen and oxygen atoms in total. The van der Waals surface area contributed by atoms with E-state index in [0.29, 0.717) is 24.8 Å². The molecular formula is C17H25N3O3. The molecule has 0 saturated heterocycles. The first kappa shape index (κ1) is 17.4. The number of aromatic nitrogens is 2. The summed E-state index contributed by atoms with van der Waals surface area (Å²) in [6.45, 7) is 9.44. The number of aliphatic hydroxyl groups is 1.